The largest absolute Gasteiger partial charge is 0.368 e. The first kappa shape index (κ1) is 11.1. The van der Waals surface area contributed by atoms with Gasteiger partial charge < -0.3 is 5.73 Å². The third-order valence-electron chi connectivity index (χ3n) is 3.11. The molecule has 0 atom stereocenters. The highest BCUT2D eigenvalue weighted by Crippen LogP contribution is 2.34. The van der Waals surface area contributed by atoms with Crippen molar-refractivity contribution >= 4 is 5.95 Å². The monoisotopic (exact) mass is 248 g/mol. The number of aryl methyl sites for hydroxylation is 1. The van der Waals surface area contributed by atoms with E-state index in [1.54, 1.807) is 11.7 Å². The van der Waals surface area contributed by atoms with Crippen LogP contribution in [-0.2, 0) is 13.5 Å². The highest BCUT2D eigenvalue weighted by Gasteiger charge is 2.27. The van der Waals surface area contributed by atoms with E-state index in [-0.39, 0.29) is 11.6 Å². The van der Waals surface area contributed by atoms with Crippen molar-refractivity contribution in [1.82, 2.24) is 25.0 Å². The number of nitrogens with two attached hydrogens (primary N) is 1. The number of hydrogen-bond acceptors (Lipinski definition) is 5. The minimum atomic E-state index is -0.526. The molecule has 0 radical (unpaired) electrons. The fourth-order valence-electron chi connectivity index (χ4n) is 1.93. The first-order chi connectivity index (χ1) is 8.65. The van der Waals surface area contributed by atoms with Crippen molar-refractivity contribution in [3.05, 3.63) is 17.7 Å². The van der Waals surface area contributed by atoms with Gasteiger partial charge in [-0.2, -0.15) is 0 Å². The molecule has 2 N–H and O–H groups in total. The number of aromatic nitrogens is 5. The second kappa shape index (κ2) is 4.01. The van der Waals surface area contributed by atoms with E-state index in [9.17, 15) is 4.39 Å². The predicted octanol–water partition coefficient (Wildman–Crippen LogP) is 0.946. The lowest BCUT2D eigenvalue weighted by molar-refractivity contribution is 0.617. The van der Waals surface area contributed by atoms with Crippen molar-refractivity contribution in [2.24, 2.45) is 13.0 Å². The minimum absolute atomic E-state index is 0.0365. The summed E-state index contributed by atoms with van der Waals surface area (Å²) in [7, 11) is 1.80. The van der Waals surface area contributed by atoms with Crippen LogP contribution in [0.3, 0.4) is 0 Å². The average molecular weight is 248 g/mol. The second-order valence-electron chi connectivity index (χ2n) is 4.58. The van der Waals surface area contributed by atoms with E-state index in [0.29, 0.717) is 11.6 Å². The number of nitrogen functional groups attached to an aromatic ring is 1. The fourth-order valence-corrected chi connectivity index (χ4v) is 1.93. The highest BCUT2D eigenvalue weighted by molar-refractivity contribution is 5.58. The van der Waals surface area contributed by atoms with Crippen molar-refractivity contribution in [2.75, 3.05) is 5.73 Å². The van der Waals surface area contributed by atoms with Gasteiger partial charge in [0.2, 0.25) is 5.95 Å². The lowest BCUT2D eigenvalue weighted by atomic mass is 10.1. The Bertz CT molecular complexity index is 589. The van der Waals surface area contributed by atoms with Gasteiger partial charge in [-0.1, -0.05) is 5.21 Å². The van der Waals surface area contributed by atoms with Crippen LogP contribution in [0, 0.1) is 11.7 Å². The van der Waals surface area contributed by atoms with Gasteiger partial charge in [0.05, 0.1) is 11.9 Å². The molecule has 1 aliphatic carbocycles. The first-order valence-electron chi connectivity index (χ1n) is 5.82. The van der Waals surface area contributed by atoms with Crippen LogP contribution in [0.5, 0.6) is 0 Å². The van der Waals surface area contributed by atoms with Gasteiger partial charge >= 0.3 is 0 Å². The molecule has 0 unspecified atom stereocenters. The van der Waals surface area contributed by atoms with Gasteiger partial charge in [-0.15, -0.1) is 5.10 Å². The Hall–Kier alpha value is -2.05. The molecule has 6 nitrogen and oxygen atoms in total. The molecule has 18 heavy (non-hydrogen) atoms. The Morgan fingerprint density at radius 1 is 1.44 bits per heavy atom. The average Bonchev–Trinajstić information content (AvgIpc) is 3.09. The SMILES string of the molecule is Cn1nnc(-c2nc(N)ncc2F)c1CC1CC1. The molecular weight excluding hydrogens is 235 g/mol. The summed E-state index contributed by atoms with van der Waals surface area (Å²) in [6, 6.07) is 0. The third kappa shape index (κ3) is 1.92. The van der Waals surface area contributed by atoms with Crippen LogP contribution >= 0.6 is 0 Å². The van der Waals surface area contributed by atoms with Crippen LogP contribution in [-0.4, -0.2) is 25.0 Å². The van der Waals surface area contributed by atoms with Crippen LogP contribution in [0.1, 0.15) is 18.5 Å². The molecule has 0 amide bonds. The highest BCUT2D eigenvalue weighted by atomic mass is 19.1. The maximum Gasteiger partial charge on any atom is 0.220 e. The number of nitrogens with zero attached hydrogens (tertiary/aromatic N) is 5. The lowest BCUT2D eigenvalue weighted by Gasteiger charge is -2.04. The van der Waals surface area contributed by atoms with Crippen molar-refractivity contribution < 1.29 is 4.39 Å². The predicted molar refractivity (Wildman–Crippen MR) is 62.8 cm³/mol. The Morgan fingerprint density at radius 2 is 2.22 bits per heavy atom. The molecule has 0 bridgehead atoms. The van der Waals surface area contributed by atoms with Gasteiger partial charge in [0.25, 0.3) is 0 Å². The molecule has 0 aliphatic heterocycles. The van der Waals surface area contributed by atoms with E-state index in [4.69, 9.17) is 5.73 Å². The van der Waals surface area contributed by atoms with Gasteiger partial charge in [0.1, 0.15) is 11.4 Å². The summed E-state index contributed by atoms with van der Waals surface area (Å²) in [5.41, 5.74) is 6.99. The summed E-state index contributed by atoms with van der Waals surface area (Å²) >= 11 is 0. The van der Waals surface area contributed by atoms with Crippen molar-refractivity contribution in [1.29, 1.82) is 0 Å². The molecule has 1 fully saturated rings. The minimum Gasteiger partial charge on any atom is -0.368 e. The van der Waals surface area contributed by atoms with Crippen LogP contribution in [0.15, 0.2) is 6.20 Å². The van der Waals surface area contributed by atoms with E-state index >= 15 is 0 Å². The van der Waals surface area contributed by atoms with Gasteiger partial charge in [-0.05, 0) is 25.2 Å². The van der Waals surface area contributed by atoms with E-state index in [2.05, 4.69) is 20.3 Å². The van der Waals surface area contributed by atoms with E-state index in [0.717, 1.165) is 18.3 Å². The maximum absolute atomic E-state index is 13.7. The number of anilines is 1. The van der Waals surface area contributed by atoms with Crippen molar-refractivity contribution in [3.63, 3.8) is 0 Å². The zero-order chi connectivity index (χ0) is 12.7. The smallest absolute Gasteiger partial charge is 0.220 e. The zero-order valence-corrected chi connectivity index (χ0v) is 9.97. The molecule has 7 heteroatoms. The van der Waals surface area contributed by atoms with Crippen LogP contribution in [0.4, 0.5) is 10.3 Å². The number of hydrogen-bond donors (Lipinski definition) is 1. The molecule has 1 aliphatic rings. The van der Waals surface area contributed by atoms with Crippen molar-refractivity contribution in [2.45, 2.75) is 19.3 Å². The third-order valence-corrected chi connectivity index (χ3v) is 3.11. The Kier molecular flexibility index (Phi) is 2.46. The maximum atomic E-state index is 13.7. The Balaban J connectivity index is 2.07. The quantitative estimate of drug-likeness (QED) is 0.874. The summed E-state index contributed by atoms with van der Waals surface area (Å²) in [6.45, 7) is 0. The summed E-state index contributed by atoms with van der Waals surface area (Å²) < 4.78 is 15.4. The van der Waals surface area contributed by atoms with Crippen LogP contribution in [0.2, 0.25) is 0 Å². The summed E-state index contributed by atoms with van der Waals surface area (Å²) in [5.74, 6) is 0.166. The van der Waals surface area contributed by atoms with Gasteiger partial charge in [0.15, 0.2) is 5.82 Å². The molecule has 0 spiro atoms. The lowest BCUT2D eigenvalue weighted by Crippen LogP contribution is -2.03. The standard InChI is InChI=1S/C11H13FN6/c1-18-8(4-6-2-3-6)10(16-17-18)9-7(12)5-14-11(13)15-9/h5-6H,2-4H2,1H3,(H2,13,14,15). The molecule has 2 heterocycles. The Morgan fingerprint density at radius 3 is 2.94 bits per heavy atom. The van der Waals surface area contributed by atoms with E-state index in [1.165, 1.54) is 12.8 Å². The van der Waals surface area contributed by atoms with E-state index < -0.39 is 5.82 Å². The molecule has 1 saturated carbocycles. The number of halogens is 1. The zero-order valence-electron chi connectivity index (χ0n) is 9.97. The van der Waals surface area contributed by atoms with E-state index in [1.807, 2.05) is 0 Å². The summed E-state index contributed by atoms with van der Waals surface area (Å²) in [6.07, 6.45) is 4.33. The molecule has 3 rings (SSSR count). The van der Waals surface area contributed by atoms with Gasteiger partial charge in [-0.3, -0.25) is 4.68 Å². The summed E-state index contributed by atoms with van der Waals surface area (Å²) in [5, 5.41) is 7.94. The van der Waals surface area contributed by atoms with Gasteiger partial charge in [0, 0.05) is 7.05 Å². The van der Waals surface area contributed by atoms with Gasteiger partial charge in [-0.25, -0.2) is 14.4 Å². The van der Waals surface area contributed by atoms with Crippen LogP contribution < -0.4 is 5.73 Å². The van der Waals surface area contributed by atoms with Crippen LogP contribution in [0.25, 0.3) is 11.4 Å². The van der Waals surface area contributed by atoms with Crippen molar-refractivity contribution in [3.8, 4) is 11.4 Å². The first-order valence-corrected chi connectivity index (χ1v) is 5.82. The molecule has 0 saturated heterocycles. The topological polar surface area (TPSA) is 82.5 Å². The molecule has 94 valence electrons. The molecule has 2 aromatic heterocycles. The number of rotatable bonds is 3. The Labute approximate surface area is 103 Å². The molecule has 0 aromatic carbocycles. The normalized spacial score (nSPS) is 15.0. The fraction of sp³-hybridized carbons (Fsp3) is 0.455. The molecule has 2 aromatic rings. The summed E-state index contributed by atoms with van der Waals surface area (Å²) in [4.78, 5) is 7.53. The molecular formula is C11H13FN6. The second-order valence-corrected chi connectivity index (χ2v) is 4.58.